The number of aryl methyl sites for hydroxylation is 1. The summed E-state index contributed by atoms with van der Waals surface area (Å²) in [6.45, 7) is 4.15. The molecule has 0 aliphatic carbocycles. The van der Waals surface area contributed by atoms with Gasteiger partial charge in [0.2, 0.25) is 0 Å². The minimum atomic E-state index is 0.0939. The van der Waals surface area contributed by atoms with Crippen molar-refractivity contribution in [3.8, 4) is 0 Å². The maximum atomic E-state index is 12.8. The molecule has 2 aliphatic rings. The molecule has 2 fully saturated rings. The van der Waals surface area contributed by atoms with E-state index in [0.29, 0.717) is 17.5 Å². The van der Waals surface area contributed by atoms with Crippen LogP contribution >= 0.6 is 0 Å². The molecule has 1 amide bonds. The topological polar surface area (TPSA) is 63.5 Å². The highest BCUT2D eigenvalue weighted by molar-refractivity contribution is 5.94. The molecular formula is C21H29N5O2. The van der Waals surface area contributed by atoms with Crippen LogP contribution in [0.4, 0.5) is 5.82 Å². The minimum absolute atomic E-state index is 0.0939. The lowest BCUT2D eigenvalue weighted by atomic mass is 9.93. The number of piperidine rings is 1. The third-order valence-corrected chi connectivity index (χ3v) is 6.04. The van der Waals surface area contributed by atoms with Gasteiger partial charge in [-0.25, -0.2) is 4.98 Å². The van der Waals surface area contributed by atoms with E-state index < -0.39 is 0 Å². The molecule has 1 atom stereocenters. The largest absolute Gasteiger partial charge is 0.379 e. The lowest BCUT2D eigenvalue weighted by Crippen LogP contribution is -2.38. The molecular weight excluding hydrogens is 354 g/mol. The van der Waals surface area contributed by atoms with Crippen molar-refractivity contribution in [2.24, 2.45) is 5.92 Å². The molecule has 2 aliphatic heterocycles. The summed E-state index contributed by atoms with van der Waals surface area (Å²) in [6, 6.07) is 6.18. The second-order valence-electron chi connectivity index (χ2n) is 7.83. The van der Waals surface area contributed by atoms with Crippen LogP contribution < -0.4 is 4.90 Å². The van der Waals surface area contributed by atoms with E-state index in [1.54, 1.807) is 6.20 Å². The Morgan fingerprint density at radius 3 is 2.79 bits per heavy atom. The van der Waals surface area contributed by atoms with E-state index in [1.807, 2.05) is 47.2 Å². The molecule has 2 aromatic rings. The van der Waals surface area contributed by atoms with Crippen molar-refractivity contribution in [1.82, 2.24) is 19.7 Å². The molecule has 0 N–H and O–H groups in total. The number of pyridine rings is 1. The molecule has 7 nitrogen and oxygen atoms in total. The normalized spacial score (nSPS) is 20.5. The number of aromatic nitrogens is 3. The van der Waals surface area contributed by atoms with Crippen LogP contribution in [-0.4, -0.2) is 65.0 Å². The predicted octanol–water partition coefficient (Wildman–Crippen LogP) is 2.45. The minimum Gasteiger partial charge on any atom is -0.379 e. The van der Waals surface area contributed by atoms with E-state index in [9.17, 15) is 4.79 Å². The smallest absolute Gasteiger partial charge is 0.255 e. The van der Waals surface area contributed by atoms with Crippen molar-refractivity contribution < 1.29 is 9.53 Å². The molecule has 0 radical (unpaired) electrons. The fourth-order valence-corrected chi connectivity index (χ4v) is 4.09. The zero-order valence-electron chi connectivity index (χ0n) is 16.5. The molecule has 28 heavy (non-hydrogen) atoms. The van der Waals surface area contributed by atoms with Crippen LogP contribution in [-0.2, 0) is 11.3 Å². The SMILES string of the molecule is CN(c1ccc(C(=O)N2CCC(CCn3cccn3)CC2)cn1)C1CCOC1. The first kappa shape index (κ1) is 18.9. The Bertz CT molecular complexity index is 748. The summed E-state index contributed by atoms with van der Waals surface area (Å²) in [5.74, 6) is 1.65. The fraction of sp³-hybridized carbons (Fsp3) is 0.571. The highest BCUT2D eigenvalue weighted by atomic mass is 16.5. The summed E-state index contributed by atoms with van der Waals surface area (Å²) in [5.41, 5.74) is 0.676. The zero-order valence-corrected chi connectivity index (χ0v) is 16.5. The zero-order chi connectivity index (χ0) is 19.3. The lowest BCUT2D eigenvalue weighted by Gasteiger charge is -2.32. The van der Waals surface area contributed by atoms with Crippen molar-refractivity contribution in [1.29, 1.82) is 0 Å². The van der Waals surface area contributed by atoms with Gasteiger partial charge >= 0.3 is 0 Å². The second-order valence-corrected chi connectivity index (χ2v) is 7.83. The Balaban J connectivity index is 1.27. The van der Waals surface area contributed by atoms with Crippen molar-refractivity contribution in [3.05, 3.63) is 42.4 Å². The summed E-state index contributed by atoms with van der Waals surface area (Å²) >= 11 is 0. The van der Waals surface area contributed by atoms with Crippen LogP contribution in [0, 0.1) is 5.92 Å². The number of hydrogen-bond acceptors (Lipinski definition) is 5. The maximum absolute atomic E-state index is 12.8. The summed E-state index contributed by atoms with van der Waals surface area (Å²) in [4.78, 5) is 21.5. The summed E-state index contributed by atoms with van der Waals surface area (Å²) in [6.07, 6.45) is 9.80. The molecule has 0 bridgehead atoms. The average molecular weight is 383 g/mol. The molecule has 7 heteroatoms. The number of carbonyl (C=O) groups excluding carboxylic acids is 1. The van der Waals surface area contributed by atoms with Crippen LogP contribution in [0.15, 0.2) is 36.8 Å². The predicted molar refractivity (Wildman–Crippen MR) is 107 cm³/mol. The van der Waals surface area contributed by atoms with Crippen LogP contribution in [0.25, 0.3) is 0 Å². The first-order valence-corrected chi connectivity index (χ1v) is 10.2. The quantitative estimate of drug-likeness (QED) is 0.767. The average Bonchev–Trinajstić information content (AvgIpc) is 3.46. The van der Waals surface area contributed by atoms with E-state index in [-0.39, 0.29) is 5.91 Å². The third kappa shape index (κ3) is 4.35. The Morgan fingerprint density at radius 1 is 1.29 bits per heavy atom. The lowest BCUT2D eigenvalue weighted by molar-refractivity contribution is 0.0684. The van der Waals surface area contributed by atoms with E-state index in [0.717, 1.165) is 64.3 Å². The number of ether oxygens (including phenoxy) is 1. The number of hydrogen-bond donors (Lipinski definition) is 0. The highest BCUT2D eigenvalue weighted by Gasteiger charge is 2.25. The van der Waals surface area contributed by atoms with Crippen molar-refractivity contribution in [2.75, 3.05) is 38.3 Å². The van der Waals surface area contributed by atoms with Gasteiger partial charge in [0.1, 0.15) is 5.82 Å². The molecule has 1 unspecified atom stereocenters. The van der Waals surface area contributed by atoms with Gasteiger partial charge < -0.3 is 14.5 Å². The summed E-state index contributed by atoms with van der Waals surface area (Å²) in [7, 11) is 2.04. The number of nitrogens with zero attached hydrogens (tertiary/aromatic N) is 5. The highest BCUT2D eigenvalue weighted by Crippen LogP contribution is 2.23. The second kappa shape index (κ2) is 8.73. The first-order valence-electron chi connectivity index (χ1n) is 10.2. The van der Waals surface area contributed by atoms with Crippen molar-refractivity contribution >= 4 is 11.7 Å². The van der Waals surface area contributed by atoms with E-state index in [4.69, 9.17) is 4.74 Å². The molecule has 0 saturated carbocycles. The van der Waals surface area contributed by atoms with Gasteiger partial charge in [0, 0.05) is 51.9 Å². The fourth-order valence-electron chi connectivity index (χ4n) is 4.09. The van der Waals surface area contributed by atoms with Gasteiger partial charge in [-0.1, -0.05) is 0 Å². The van der Waals surface area contributed by atoms with E-state index in [1.165, 1.54) is 0 Å². The number of carbonyl (C=O) groups is 1. The van der Waals surface area contributed by atoms with E-state index in [2.05, 4.69) is 15.0 Å². The van der Waals surface area contributed by atoms with Crippen LogP contribution in [0.1, 0.15) is 36.0 Å². The van der Waals surface area contributed by atoms with Gasteiger partial charge in [0.05, 0.1) is 18.2 Å². The van der Waals surface area contributed by atoms with Gasteiger partial charge in [-0.05, 0) is 49.8 Å². The summed E-state index contributed by atoms with van der Waals surface area (Å²) < 4.78 is 7.44. The van der Waals surface area contributed by atoms with E-state index >= 15 is 0 Å². The van der Waals surface area contributed by atoms with Gasteiger partial charge in [0.15, 0.2) is 0 Å². The van der Waals surface area contributed by atoms with Gasteiger partial charge in [0.25, 0.3) is 5.91 Å². The Kier molecular flexibility index (Phi) is 5.90. The molecule has 2 aromatic heterocycles. The molecule has 150 valence electrons. The number of amides is 1. The third-order valence-electron chi connectivity index (χ3n) is 6.04. The number of likely N-dealkylation sites (N-methyl/N-ethyl adjacent to an activating group) is 1. The van der Waals surface area contributed by atoms with Gasteiger partial charge in [-0.15, -0.1) is 0 Å². The number of likely N-dealkylation sites (tertiary alicyclic amines) is 1. The molecule has 2 saturated heterocycles. The Morgan fingerprint density at radius 2 is 2.14 bits per heavy atom. The van der Waals surface area contributed by atoms with Gasteiger partial charge in [-0.3, -0.25) is 9.48 Å². The van der Waals surface area contributed by atoms with Gasteiger partial charge in [-0.2, -0.15) is 5.10 Å². The van der Waals surface area contributed by atoms with Crippen molar-refractivity contribution in [3.63, 3.8) is 0 Å². The number of rotatable bonds is 6. The first-order chi connectivity index (χ1) is 13.7. The van der Waals surface area contributed by atoms with Crippen LogP contribution in [0.5, 0.6) is 0 Å². The monoisotopic (exact) mass is 383 g/mol. The Labute approximate surface area is 166 Å². The standard InChI is InChI=1S/C21H29N5O2/c1-24(19-8-14-28-16-19)20-4-3-18(15-22-20)21(27)25-11-5-17(6-12-25)7-13-26-10-2-9-23-26/h2-4,9-10,15,17,19H,5-8,11-14,16H2,1H3. The number of anilines is 1. The Hall–Kier alpha value is -2.41. The van der Waals surface area contributed by atoms with Crippen LogP contribution in [0.2, 0.25) is 0 Å². The maximum Gasteiger partial charge on any atom is 0.255 e. The van der Waals surface area contributed by atoms with Crippen molar-refractivity contribution in [2.45, 2.75) is 38.3 Å². The molecule has 4 rings (SSSR count). The summed E-state index contributed by atoms with van der Waals surface area (Å²) in [5, 5.41) is 4.26. The molecule has 0 aromatic carbocycles. The van der Waals surface area contributed by atoms with Crippen LogP contribution in [0.3, 0.4) is 0 Å². The molecule has 4 heterocycles. The molecule has 0 spiro atoms.